The van der Waals surface area contributed by atoms with Crippen molar-refractivity contribution in [3.63, 3.8) is 0 Å². The highest BCUT2D eigenvalue weighted by molar-refractivity contribution is 4.93. The van der Waals surface area contributed by atoms with E-state index >= 15 is 0 Å². The van der Waals surface area contributed by atoms with Gasteiger partial charge in [-0.15, -0.1) is 0 Å². The van der Waals surface area contributed by atoms with Crippen LogP contribution >= 0.6 is 0 Å². The zero-order chi connectivity index (χ0) is 13.8. The maximum Gasteiger partial charge on any atom is 0.0730 e. The van der Waals surface area contributed by atoms with Gasteiger partial charge in [-0.25, -0.2) is 0 Å². The molecule has 0 aromatic carbocycles. The second-order valence-electron chi connectivity index (χ2n) is 6.87. The average Bonchev–Trinajstić information content (AvgIpc) is 2.49. The molecule has 4 nitrogen and oxygen atoms in total. The van der Waals surface area contributed by atoms with Crippen LogP contribution in [0.3, 0.4) is 0 Å². The van der Waals surface area contributed by atoms with Crippen molar-refractivity contribution in [2.75, 3.05) is 46.5 Å². The van der Waals surface area contributed by atoms with Crippen molar-refractivity contribution < 1.29 is 9.47 Å². The zero-order valence-electron chi connectivity index (χ0n) is 12.9. The minimum atomic E-state index is 0.409. The number of nitrogens with zero attached hydrogens (tertiary/aromatic N) is 1. The van der Waals surface area contributed by atoms with Gasteiger partial charge in [0.25, 0.3) is 0 Å². The molecule has 0 bridgehead atoms. The normalized spacial score (nSPS) is 34.6. The van der Waals surface area contributed by atoms with Crippen molar-refractivity contribution >= 4 is 0 Å². The van der Waals surface area contributed by atoms with Gasteiger partial charge >= 0.3 is 0 Å². The fraction of sp³-hybridized carbons (Fsp3) is 1.00. The Kier molecular flexibility index (Phi) is 4.97. The lowest BCUT2D eigenvalue weighted by molar-refractivity contribution is -0.107. The Morgan fingerprint density at radius 2 is 1.95 bits per heavy atom. The van der Waals surface area contributed by atoms with Gasteiger partial charge in [-0.3, -0.25) is 4.90 Å². The first kappa shape index (κ1) is 14.8. The van der Waals surface area contributed by atoms with Crippen molar-refractivity contribution in [1.29, 1.82) is 0 Å². The summed E-state index contributed by atoms with van der Waals surface area (Å²) in [7, 11) is 2.08. The molecule has 2 heterocycles. The fourth-order valence-electron chi connectivity index (χ4n) is 4.37. The van der Waals surface area contributed by atoms with Crippen molar-refractivity contribution in [3.05, 3.63) is 0 Å². The second kappa shape index (κ2) is 6.73. The Hall–Kier alpha value is -0.160. The highest BCUT2D eigenvalue weighted by atomic mass is 16.5. The second-order valence-corrected chi connectivity index (χ2v) is 6.87. The van der Waals surface area contributed by atoms with Crippen molar-refractivity contribution in [2.24, 2.45) is 5.41 Å². The molecule has 1 aliphatic carbocycles. The summed E-state index contributed by atoms with van der Waals surface area (Å²) < 4.78 is 11.6. The Morgan fingerprint density at radius 3 is 2.75 bits per heavy atom. The molecular formula is C16H30N2O2. The maximum atomic E-state index is 6.01. The lowest BCUT2D eigenvalue weighted by Gasteiger charge is -2.49. The number of rotatable bonds is 4. The summed E-state index contributed by atoms with van der Waals surface area (Å²) in [6, 6.07) is 0.675. The van der Waals surface area contributed by atoms with E-state index in [0.29, 0.717) is 17.6 Å². The highest BCUT2D eigenvalue weighted by Gasteiger charge is 2.40. The number of nitrogens with one attached hydrogen (secondary N) is 1. The van der Waals surface area contributed by atoms with Crippen molar-refractivity contribution in [3.8, 4) is 0 Å². The molecule has 2 saturated heterocycles. The number of morpholine rings is 1. The first-order valence-electron chi connectivity index (χ1n) is 8.41. The van der Waals surface area contributed by atoms with Crippen LogP contribution in [0.2, 0.25) is 0 Å². The molecule has 0 amide bonds. The Labute approximate surface area is 123 Å². The van der Waals surface area contributed by atoms with Gasteiger partial charge in [0.2, 0.25) is 0 Å². The van der Waals surface area contributed by atoms with Crippen LogP contribution in [-0.2, 0) is 9.47 Å². The summed E-state index contributed by atoms with van der Waals surface area (Å²) in [5, 5.41) is 3.43. The molecule has 116 valence electrons. The van der Waals surface area contributed by atoms with E-state index in [1.54, 1.807) is 0 Å². The molecule has 4 heteroatoms. The van der Waals surface area contributed by atoms with Crippen molar-refractivity contribution in [2.45, 2.75) is 50.7 Å². The fourth-order valence-corrected chi connectivity index (χ4v) is 4.37. The van der Waals surface area contributed by atoms with E-state index in [0.717, 1.165) is 32.9 Å². The largest absolute Gasteiger partial charge is 0.381 e. The summed E-state index contributed by atoms with van der Waals surface area (Å²) in [5.41, 5.74) is 0.409. The first-order valence-corrected chi connectivity index (χ1v) is 8.41. The maximum absolute atomic E-state index is 6.01. The van der Waals surface area contributed by atoms with Crippen LogP contribution < -0.4 is 5.32 Å². The van der Waals surface area contributed by atoms with Gasteiger partial charge in [0, 0.05) is 38.9 Å². The number of ether oxygens (including phenoxy) is 2. The highest BCUT2D eigenvalue weighted by Crippen LogP contribution is 2.35. The third-order valence-corrected chi connectivity index (χ3v) is 5.49. The average molecular weight is 282 g/mol. The minimum absolute atomic E-state index is 0.409. The molecule has 0 radical (unpaired) electrons. The van der Waals surface area contributed by atoms with E-state index in [9.17, 15) is 0 Å². The summed E-state index contributed by atoms with van der Waals surface area (Å²) >= 11 is 0. The molecule has 2 unspecified atom stereocenters. The van der Waals surface area contributed by atoms with E-state index in [2.05, 4.69) is 17.3 Å². The van der Waals surface area contributed by atoms with Crippen LogP contribution in [0.4, 0.5) is 0 Å². The molecule has 20 heavy (non-hydrogen) atoms. The minimum Gasteiger partial charge on any atom is -0.381 e. The quantitative estimate of drug-likeness (QED) is 0.850. The van der Waals surface area contributed by atoms with Crippen LogP contribution in [0.1, 0.15) is 38.5 Å². The zero-order valence-corrected chi connectivity index (χ0v) is 12.9. The Balaban J connectivity index is 1.66. The van der Waals surface area contributed by atoms with Crippen molar-refractivity contribution in [1.82, 2.24) is 10.2 Å². The molecule has 3 fully saturated rings. The summed E-state index contributed by atoms with van der Waals surface area (Å²) in [6.07, 6.45) is 8.22. The number of hydrogen-bond donors (Lipinski definition) is 1. The van der Waals surface area contributed by atoms with E-state index < -0.39 is 0 Å². The predicted octanol–water partition coefficient (Wildman–Crippen LogP) is 1.65. The summed E-state index contributed by atoms with van der Waals surface area (Å²) in [6.45, 7) is 6.24. The number of hydrogen-bond acceptors (Lipinski definition) is 4. The lowest BCUT2D eigenvalue weighted by atomic mass is 9.78. The van der Waals surface area contributed by atoms with Crippen LogP contribution in [0.25, 0.3) is 0 Å². The third kappa shape index (κ3) is 3.19. The van der Waals surface area contributed by atoms with Gasteiger partial charge in [0.15, 0.2) is 0 Å². The summed E-state index contributed by atoms with van der Waals surface area (Å²) in [5.74, 6) is 0. The van der Waals surface area contributed by atoms with E-state index in [4.69, 9.17) is 9.47 Å². The van der Waals surface area contributed by atoms with E-state index in [1.807, 2.05) is 0 Å². The molecule has 2 aliphatic heterocycles. The van der Waals surface area contributed by atoms with Gasteiger partial charge in [-0.2, -0.15) is 0 Å². The standard InChI is InChI=1S/C16H30N2O2/c1-17-12-16(6-9-19-10-7-16)13-18-8-11-20-15-5-3-2-4-14(15)18/h14-15,17H,2-13H2,1H3. The van der Waals surface area contributed by atoms with Gasteiger partial charge in [-0.05, 0) is 38.1 Å². The molecule has 1 N–H and O–H groups in total. The molecule has 3 aliphatic rings. The van der Waals surface area contributed by atoms with Crippen LogP contribution in [0, 0.1) is 5.41 Å². The molecule has 0 aromatic heterocycles. The monoisotopic (exact) mass is 282 g/mol. The predicted molar refractivity (Wildman–Crippen MR) is 80.0 cm³/mol. The molecule has 0 spiro atoms. The molecular weight excluding hydrogens is 252 g/mol. The van der Waals surface area contributed by atoms with Crippen LogP contribution in [0.15, 0.2) is 0 Å². The van der Waals surface area contributed by atoms with Gasteiger partial charge < -0.3 is 14.8 Å². The Bertz CT molecular complexity index is 297. The van der Waals surface area contributed by atoms with E-state index in [1.165, 1.54) is 45.1 Å². The smallest absolute Gasteiger partial charge is 0.0730 e. The molecule has 1 saturated carbocycles. The first-order chi connectivity index (χ1) is 9.83. The topological polar surface area (TPSA) is 33.7 Å². The SMILES string of the molecule is CNCC1(CN2CCOC3CCCCC32)CCOCC1. The van der Waals surface area contributed by atoms with Crippen LogP contribution in [0.5, 0.6) is 0 Å². The van der Waals surface area contributed by atoms with Gasteiger partial charge in [0.05, 0.1) is 12.7 Å². The molecule has 3 rings (SSSR count). The third-order valence-electron chi connectivity index (χ3n) is 5.49. The Morgan fingerprint density at radius 1 is 1.15 bits per heavy atom. The lowest BCUT2D eigenvalue weighted by Crippen LogP contribution is -2.57. The van der Waals surface area contributed by atoms with Gasteiger partial charge in [0.1, 0.15) is 0 Å². The van der Waals surface area contributed by atoms with Gasteiger partial charge in [-0.1, -0.05) is 12.8 Å². The molecule has 2 atom stereocenters. The summed E-state index contributed by atoms with van der Waals surface area (Å²) in [4.78, 5) is 2.75. The van der Waals surface area contributed by atoms with E-state index in [-0.39, 0.29) is 0 Å². The molecule has 0 aromatic rings. The van der Waals surface area contributed by atoms with Crippen LogP contribution in [-0.4, -0.2) is 63.5 Å². The number of fused-ring (bicyclic) bond motifs is 1.